The second kappa shape index (κ2) is 14.4. The first-order chi connectivity index (χ1) is 23.0. The van der Waals surface area contributed by atoms with Crippen molar-refractivity contribution in [3.8, 4) is 0 Å². The number of fused-ring (bicyclic) bond motifs is 1. The zero-order valence-electron chi connectivity index (χ0n) is 31.7. The predicted octanol–water partition coefficient (Wildman–Crippen LogP) is 9.21. The molecule has 0 bridgehead atoms. The van der Waals surface area contributed by atoms with Gasteiger partial charge in [0.05, 0.1) is 5.54 Å². The van der Waals surface area contributed by atoms with Gasteiger partial charge in [0, 0.05) is 72.1 Å². The van der Waals surface area contributed by atoms with Crippen molar-refractivity contribution in [3.63, 3.8) is 0 Å². The molecule has 5 rings (SSSR count). The number of benzene rings is 2. The van der Waals surface area contributed by atoms with Crippen molar-refractivity contribution < 1.29 is 9.59 Å². The summed E-state index contributed by atoms with van der Waals surface area (Å²) in [6.07, 6.45) is 7.59. The van der Waals surface area contributed by atoms with E-state index < -0.39 is 5.41 Å². The third kappa shape index (κ3) is 8.61. The van der Waals surface area contributed by atoms with Crippen LogP contribution < -0.4 is 15.1 Å². The second-order valence-corrected chi connectivity index (χ2v) is 17.4. The number of piperidine rings is 1. The highest BCUT2D eigenvalue weighted by Crippen LogP contribution is 2.44. The van der Waals surface area contributed by atoms with Gasteiger partial charge in [-0.15, -0.1) is 0 Å². The average molecular weight is 667 g/mol. The van der Waals surface area contributed by atoms with Crippen molar-refractivity contribution in [3.05, 3.63) is 84.2 Å². The van der Waals surface area contributed by atoms with Crippen LogP contribution >= 0.6 is 0 Å². The van der Waals surface area contributed by atoms with Gasteiger partial charge < -0.3 is 20.0 Å². The lowest BCUT2D eigenvalue weighted by molar-refractivity contribution is -0.135. The molecule has 3 aliphatic rings. The number of nitrogens with zero attached hydrogens (tertiary/aromatic N) is 3. The lowest BCUT2D eigenvalue weighted by Gasteiger charge is -2.44. The molecular weight excluding hydrogens is 604 g/mol. The molecule has 266 valence electrons. The zero-order valence-corrected chi connectivity index (χ0v) is 31.7. The second-order valence-electron chi connectivity index (χ2n) is 17.4. The van der Waals surface area contributed by atoms with Crippen LogP contribution in [0.25, 0.3) is 0 Å². The Morgan fingerprint density at radius 1 is 0.980 bits per heavy atom. The lowest BCUT2D eigenvalue weighted by Crippen LogP contribution is -2.50. The van der Waals surface area contributed by atoms with Gasteiger partial charge in [-0.2, -0.15) is 0 Å². The van der Waals surface area contributed by atoms with E-state index in [1.54, 1.807) is 0 Å². The number of hydrogen-bond acceptors (Lipinski definition) is 4. The highest BCUT2D eigenvalue weighted by molar-refractivity contribution is 6.00. The fourth-order valence-electron chi connectivity index (χ4n) is 7.80. The van der Waals surface area contributed by atoms with E-state index in [2.05, 4.69) is 124 Å². The summed E-state index contributed by atoms with van der Waals surface area (Å²) >= 11 is 0. The molecule has 0 aromatic heterocycles. The summed E-state index contributed by atoms with van der Waals surface area (Å²) < 4.78 is 0. The molecule has 2 fully saturated rings. The van der Waals surface area contributed by atoms with Crippen molar-refractivity contribution >= 4 is 23.2 Å². The van der Waals surface area contributed by atoms with Crippen molar-refractivity contribution in [1.82, 2.24) is 10.2 Å². The normalized spacial score (nSPS) is 20.9. The quantitative estimate of drug-likeness (QED) is 0.217. The fourth-order valence-corrected chi connectivity index (χ4v) is 7.80. The zero-order chi connectivity index (χ0) is 35.7. The molecule has 6 nitrogen and oxygen atoms in total. The van der Waals surface area contributed by atoms with Gasteiger partial charge >= 0.3 is 0 Å². The van der Waals surface area contributed by atoms with Crippen molar-refractivity contribution in [2.75, 3.05) is 29.4 Å². The molecule has 6 heteroatoms. The van der Waals surface area contributed by atoms with Crippen LogP contribution in [0, 0.1) is 22.7 Å². The van der Waals surface area contributed by atoms with Gasteiger partial charge in [0.15, 0.2) is 0 Å². The number of anilines is 2. The van der Waals surface area contributed by atoms with Crippen LogP contribution in [0.2, 0.25) is 0 Å². The first kappa shape index (κ1) is 36.7. The van der Waals surface area contributed by atoms with E-state index >= 15 is 0 Å². The third-order valence-corrected chi connectivity index (χ3v) is 10.7. The van der Waals surface area contributed by atoms with Gasteiger partial charge in [0.1, 0.15) is 0 Å². The Bertz CT molecular complexity index is 1530. The molecule has 2 heterocycles. The van der Waals surface area contributed by atoms with Gasteiger partial charge in [-0.25, -0.2) is 0 Å². The van der Waals surface area contributed by atoms with Crippen LogP contribution in [0.5, 0.6) is 0 Å². The molecule has 2 aromatic carbocycles. The summed E-state index contributed by atoms with van der Waals surface area (Å²) in [5, 5.41) is 3.76. The smallest absolute Gasteiger partial charge is 0.232 e. The maximum absolute atomic E-state index is 13.8. The third-order valence-electron chi connectivity index (χ3n) is 10.7. The minimum atomic E-state index is -0.411. The van der Waals surface area contributed by atoms with E-state index in [4.69, 9.17) is 6.58 Å². The predicted molar refractivity (Wildman–Crippen MR) is 204 cm³/mol. The molecule has 1 saturated heterocycles. The molecule has 0 unspecified atom stereocenters. The number of unbranched alkanes of at least 4 members (excludes halogenated alkanes) is 2. The van der Waals surface area contributed by atoms with Crippen LogP contribution in [-0.2, 0) is 21.5 Å². The maximum Gasteiger partial charge on any atom is 0.232 e. The summed E-state index contributed by atoms with van der Waals surface area (Å²) in [6, 6.07) is 17.6. The number of hydrogen-bond donors (Lipinski definition) is 1. The molecule has 0 radical (unpaired) electrons. The molecular formula is C43H62N4O2. The molecule has 1 aliphatic carbocycles. The Morgan fingerprint density at radius 3 is 2.29 bits per heavy atom. The maximum atomic E-state index is 13.8. The van der Waals surface area contributed by atoms with Gasteiger partial charge in [-0.05, 0) is 74.6 Å². The van der Waals surface area contributed by atoms with Crippen LogP contribution in [0.3, 0.4) is 0 Å². The SMILES string of the molecule is C=C(NC(C)(C)c1ccccc1)[C@H]1C[C@@H](C(=C)N(c2ccc3c(c2)N(CCCCC)C(=O)C(C)(C)C3)C2CC2)CN(C(=O)CC(C)(C)C)C1. The van der Waals surface area contributed by atoms with Gasteiger partial charge in [0.2, 0.25) is 11.8 Å². The highest BCUT2D eigenvalue weighted by atomic mass is 16.2. The minimum absolute atomic E-state index is 0.0823. The molecule has 2 aliphatic heterocycles. The average Bonchev–Trinajstić information content (AvgIpc) is 3.87. The molecule has 1 saturated carbocycles. The summed E-state index contributed by atoms with van der Waals surface area (Å²) in [6.45, 7) is 28.6. The monoisotopic (exact) mass is 666 g/mol. The van der Waals surface area contributed by atoms with Crippen LogP contribution in [0.4, 0.5) is 11.4 Å². The molecule has 2 amide bonds. The van der Waals surface area contributed by atoms with E-state index in [9.17, 15) is 9.59 Å². The van der Waals surface area contributed by atoms with E-state index in [1.807, 2.05) is 6.07 Å². The Morgan fingerprint density at radius 2 is 1.65 bits per heavy atom. The topological polar surface area (TPSA) is 55.9 Å². The summed E-state index contributed by atoms with van der Waals surface area (Å²) in [5.74, 6) is 0.582. The fraction of sp³-hybridized carbons (Fsp3) is 0.581. The minimum Gasteiger partial charge on any atom is -0.380 e. The summed E-state index contributed by atoms with van der Waals surface area (Å²) in [5.41, 5.74) is 5.83. The number of nitrogens with one attached hydrogen (secondary N) is 1. The Balaban J connectivity index is 1.44. The Kier molecular flexibility index (Phi) is 10.8. The van der Waals surface area contributed by atoms with Crippen LogP contribution in [0.15, 0.2) is 73.1 Å². The van der Waals surface area contributed by atoms with E-state index in [1.165, 1.54) is 11.1 Å². The summed E-state index contributed by atoms with van der Waals surface area (Å²) in [7, 11) is 0. The summed E-state index contributed by atoms with van der Waals surface area (Å²) in [4.78, 5) is 34.1. The molecule has 0 spiro atoms. The highest BCUT2D eigenvalue weighted by Gasteiger charge is 2.42. The number of carbonyl (C=O) groups excluding carboxylic acids is 2. The Labute approximate surface area is 297 Å². The molecule has 1 N–H and O–H groups in total. The van der Waals surface area contributed by atoms with Gasteiger partial charge in [-0.3, -0.25) is 9.59 Å². The standard InChI is InChI=1S/C43H62N4O2/c1-11-12-16-23-46-38-25-37(20-19-32(38)26-42(7,8)40(46)49)47(36-21-22-36)31(3)34-24-33(28-45(29-34)39(48)27-41(4,5)6)30(2)44-43(9,10)35-17-14-13-15-18-35/h13-15,17-20,25,33-34,36,44H,2-3,11-12,16,21-24,26-29H2,1,4-10H3/t33-,34+/m0/s1. The number of carbonyl (C=O) groups is 2. The van der Waals surface area contributed by atoms with E-state index in [-0.39, 0.29) is 34.6 Å². The number of amides is 2. The van der Waals surface area contributed by atoms with Gasteiger partial charge in [0.25, 0.3) is 0 Å². The molecule has 2 aromatic rings. The Hall–Kier alpha value is -3.54. The molecule has 49 heavy (non-hydrogen) atoms. The largest absolute Gasteiger partial charge is 0.380 e. The first-order valence-corrected chi connectivity index (χ1v) is 18.7. The van der Waals surface area contributed by atoms with Crippen molar-refractivity contribution in [2.45, 2.75) is 118 Å². The molecule has 2 atom stereocenters. The van der Waals surface area contributed by atoms with E-state index in [0.29, 0.717) is 25.6 Å². The van der Waals surface area contributed by atoms with Gasteiger partial charge in [-0.1, -0.05) is 104 Å². The van der Waals surface area contributed by atoms with E-state index in [0.717, 1.165) is 74.3 Å². The van der Waals surface area contributed by atoms with Crippen molar-refractivity contribution in [2.24, 2.45) is 22.7 Å². The number of likely N-dealkylation sites (tertiary alicyclic amines) is 1. The van der Waals surface area contributed by atoms with Crippen LogP contribution in [0.1, 0.15) is 111 Å². The number of rotatable bonds is 13. The van der Waals surface area contributed by atoms with Crippen molar-refractivity contribution in [1.29, 1.82) is 0 Å². The first-order valence-electron chi connectivity index (χ1n) is 18.7. The lowest BCUT2D eigenvalue weighted by atomic mass is 9.80. The van der Waals surface area contributed by atoms with Crippen LogP contribution in [-0.4, -0.2) is 42.4 Å².